The van der Waals surface area contributed by atoms with Crippen LogP contribution < -0.4 is 5.73 Å². The number of hydrogen-bond donors (Lipinski definition) is 2. The van der Waals surface area contributed by atoms with Crippen LogP contribution in [-0.2, 0) is 13.7 Å². The fraction of sp³-hybridized carbons (Fsp3) is 0.571. The van der Waals surface area contributed by atoms with E-state index in [1.165, 1.54) is 0 Å². The summed E-state index contributed by atoms with van der Waals surface area (Å²) < 4.78 is 1.64. The van der Waals surface area contributed by atoms with E-state index in [0.717, 1.165) is 11.3 Å². The van der Waals surface area contributed by atoms with Crippen molar-refractivity contribution < 1.29 is 5.11 Å². The summed E-state index contributed by atoms with van der Waals surface area (Å²) in [5.74, 6) is 0. The molecule has 0 unspecified atom stereocenters. The first-order chi connectivity index (χ1) is 5.16. The number of nitrogens with two attached hydrogens (primary N) is 1. The van der Waals surface area contributed by atoms with Gasteiger partial charge in [0, 0.05) is 18.7 Å². The molecule has 1 atom stereocenters. The molecule has 0 radical (unpaired) electrons. The van der Waals surface area contributed by atoms with Crippen molar-refractivity contribution in [2.24, 2.45) is 12.8 Å². The predicted octanol–water partition coefficient (Wildman–Crippen LogP) is -0.0679. The lowest BCUT2D eigenvalue weighted by atomic mass is 10.1. The van der Waals surface area contributed by atoms with Crippen molar-refractivity contribution in [3.8, 4) is 0 Å². The van der Waals surface area contributed by atoms with Crippen LogP contribution in [0, 0.1) is 0 Å². The van der Waals surface area contributed by atoms with Crippen LogP contribution in [0.2, 0.25) is 0 Å². The van der Waals surface area contributed by atoms with Crippen molar-refractivity contribution in [1.82, 2.24) is 9.78 Å². The molecule has 0 bridgehead atoms. The molecule has 0 aliphatic heterocycles. The van der Waals surface area contributed by atoms with E-state index in [0.29, 0.717) is 0 Å². The van der Waals surface area contributed by atoms with Crippen molar-refractivity contribution >= 4 is 0 Å². The molecule has 0 saturated heterocycles. The summed E-state index contributed by atoms with van der Waals surface area (Å²) in [6.45, 7) is 1.86. The van der Waals surface area contributed by atoms with Crippen LogP contribution in [0.1, 0.15) is 24.2 Å². The molecule has 0 fully saturated rings. The normalized spacial score (nSPS) is 13.5. The van der Waals surface area contributed by atoms with Crippen LogP contribution >= 0.6 is 0 Å². The molecule has 1 aromatic rings. The van der Waals surface area contributed by atoms with Gasteiger partial charge in [-0.15, -0.1) is 0 Å². The second-order valence-electron chi connectivity index (χ2n) is 2.62. The number of rotatable bonds is 2. The van der Waals surface area contributed by atoms with E-state index in [1.54, 1.807) is 17.9 Å². The smallest absolute Gasteiger partial charge is 0.0853 e. The molecule has 1 aromatic heterocycles. The first kappa shape index (κ1) is 8.23. The maximum Gasteiger partial charge on any atom is 0.0853 e. The van der Waals surface area contributed by atoms with Crippen LogP contribution in [0.5, 0.6) is 0 Å². The van der Waals surface area contributed by atoms with Gasteiger partial charge in [0.15, 0.2) is 0 Å². The van der Waals surface area contributed by atoms with Crippen LogP contribution in [0.15, 0.2) is 6.20 Å². The van der Waals surface area contributed by atoms with E-state index in [-0.39, 0.29) is 12.6 Å². The van der Waals surface area contributed by atoms with Crippen molar-refractivity contribution in [3.05, 3.63) is 17.5 Å². The number of aliphatic hydroxyl groups is 1. The zero-order chi connectivity index (χ0) is 8.43. The second-order valence-corrected chi connectivity index (χ2v) is 2.62. The van der Waals surface area contributed by atoms with Gasteiger partial charge < -0.3 is 10.8 Å². The highest BCUT2D eigenvalue weighted by atomic mass is 16.3. The Labute approximate surface area is 65.6 Å². The minimum Gasteiger partial charge on any atom is -0.390 e. The molecule has 11 heavy (non-hydrogen) atoms. The van der Waals surface area contributed by atoms with E-state index in [4.69, 9.17) is 10.8 Å². The second kappa shape index (κ2) is 3.02. The Hall–Kier alpha value is -0.870. The summed E-state index contributed by atoms with van der Waals surface area (Å²) in [4.78, 5) is 0. The third kappa shape index (κ3) is 1.41. The molecule has 0 saturated carbocycles. The van der Waals surface area contributed by atoms with Gasteiger partial charge in [0.05, 0.1) is 18.5 Å². The minimum atomic E-state index is -0.0640. The van der Waals surface area contributed by atoms with Gasteiger partial charge in [-0.25, -0.2) is 0 Å². The maximum atomic E-state index is 8.92. The van der Waals surface area contributed by atoms with Gasteiger partial charge in [-0.2, -0.15) is 5.10 Å². The van der Waals surface area contributed by atoms with E-state index in [1.807, 2.05) is 6.92 Å². The number of aliphatic hydroxyl groups excluding tert-OH is 1. The van der Waals surface area contributed by atoms with Gasteiger partial charge in [-0.05, 0) is 6.92 Å². The standard InChI is InChI=1S/C7H13N3O/c1-5(8)6-3-9-10(2)7(6)4-11/h3,5,11H,4,8H2,1-2H3/t5-/m1/s1. The lowest BCUT2D eigenvalue weighted by Gasteiger charge is -2.04. The van der Waals surface area contributed by atoms with Crippen LogP contribution in [0.3, 0.4) is 0 Å². The highest BCUT2D eigenvalue weighted by molar-refractivity contribution is 5.19. The Bertz CT molecular complexity index is 242. The Morgan fingerprint density at radius 3 is 2.82 bits per heavy atom. The molecule has 62 valence electrons. The number of hydrogen-bond acceptors (Lipinski definition) is 3. The van der Waals surface area contributed by atoms with Crippen molar-refractivity contribution in [1.29, 1.82) is 0 Å². The van der Waals surface area contributed by atoms with Crippen LogP contribution in [0.25, 0.3) is 0 Å². The molecule has 0 amide bonds. The number of aromatic nitrogens is 2. The van der Waals surface area contributed by atoms with Gasteiger partial charge in [0.2, 0.25) is 0 Å². The third-order valence-corrected chi connectivity index (χ3v) is 1.73. The molecular weight excluding hydrogens is 142 g/mol. The van der Waals surface area contributed by atoms with E-state index < -0.39 is 0 Å². The maximum absolute atomic E-state index is 8.92. The Kier molecular flexibility index (Phi) is 2.26. The minimum absolute atomic E-state index is 0.00657. The van der Waals surface area contributed by atoms with E-state index in [9.17, 15) is 0 Å². The summed E-state index contributed by atoms with van der Waals surface area (Å²) in [6.07, 6.45) is 1.69. The Morgan fingerprint density at radius 2 is 2.45 bits per heavy atom. The average Bonchev–Trinajstić information content (AvgIpc) is 2.30. The topological polar surface area (TPSA) is 64.1 Å². The van der Waals surface area contributed by atoms with Crippen molar-refractivity contribution in [3.63, 3.8) is 0 Å². The number of nitrogens with zero attached hydrogens (tertiary/aromatic N) is 2. The zero-order valence-corrected chi connectivity index (χ0v) is 6.78. The highest BCUT2D eigenvalue weighted by Crippen LogP contribution is 2.13. The largest absolute Gasteiger partial charge is 0.390 e. The predicted molar refractivity (Wildman–Crippen MR) is 41.7 cm³/mol. The molecule has 0 aliphatic rings. The van der Waals surface area contributed by atoms with Gasteiger partial charge in [0.25, 0.3) is 0 Å². The summed E-state index contributed by atoms with van der Waals surface area (Å²) in [5, 5.41) is 12.9. The van der Waals surface area contributed by atoms with E-state index >= 15 is 0 Å². The summed E-state index contributed by atoms with van der Waals surface area (Å²) >= 11 is 0. The van der Waals surface area contributed by atoms with Gasteiger partial charge in [0.1, 0.15) is 0 Å². The number of aryl methyl sites for hydroxylation is 1. The summed E-state index contributed by atoms with van der Waals surface area (Å²) in [6, 6.07) is -0.0640. The van der Waals surface area contributed by atoms with Crippen LogP contribution in [0.4, 0.5) is 0 Å². The van der Waals surface area contributed by atoms with Crippen LogP contribution in [-0.4, -0.2) is 14.9 Å². The van der Waals surface area contributed by atoms with Crippen molar-refractivity contribution in [2.75, 3.05) is 0 Å². The Morgan fingerprint density at radius 1 is 1.82 bits per heavy atom. The fourth-order valence-corrected chi connectivity index (χ4v) is 1.05. The lowest BCUT2D eigenvalue weighted by molar-refractivity contribution is 0.269. The van der Waals surface area contributed by atoms with Gasteiger partial charge >= 0.3 is 0 Å². The zero-order valence-electron chi connectivity index (χ0n) is 6.78. The Balaban J connectivity index is 3.05. The molecule has 0 spiro atoms. The van der Waals surface area contributed by atoms with E-state index in [2.05, 4.69) is 5.10 Å². The van der Waals surface area contributed by atoms with Crippen molar-refractivity contribution in [2.45, 2.75) is 19.6 Å². The first-order valence-electron chi connectivity index (χ1n) is 3.54. The summed E-state index contributed by atoms with van der Waals surface area (Å²) in [7, 11) is 1.79. The molecule has 3 N–H and O–H groups in total. The first-order valence-corrected chi connectivity index (χ1v) is 3.54. The molecule has 4 nitrogen and oxygen atoms in total. The van der Waals surface area contributed by atoms with Gasteiger partial charge in [-0.1, -0.05) is 0 Å². The monoisotopic (exact) mass is 155 g/mol. The van der Waals surface area contributed by atoms with Gasteiger partial charge in [-0.3, -0.25) is 4.68 Å². The average molecular weight is 155 g/mol. The summed E-state index contributed by atoms with van der Waals surface area (Å²) in [5.41, 5.74) is 7.34. The molecule has 1 heterocycles. The third-order valence-electron chi connectivity index (χ3n) is 1.73. The fourth-order valence-electron chi connectivity index (χ4n) is 1.05. The molecule has 4 heteroatoms. The SMILES string of the molecule is C[C@@H](N)c1cnn(C)c1CO. The quantitative estimate of drug-likeness (QED) is 0.628. The molecule has 0 aromatic carbocycles. The molecule has 0 aliphatic carbocycles. The molecular formula is C7H13N3O. The molecule has 1 rings (SSSR count). The lowest BCUT2D eigenvalue weighted by Crippen LogP contribution is -2.08. The highest BCUT2D eigenvalue weighted by Gasteiger charge is 2.09.